The minimum atomic E-state index is -1.06. The van der Waals surface area contributed by atoms with Crippen molar-refractivity contribution in [3.63, 3.8) is 0 Å². The van der Waals surface area contributed by atoms with E-state index in [1.807, 2.05) is 0 Å². The van der Waals surface area contributed by atoms with Crippen molar-refractivity contribution in [3.05, 3.63) is 59.2 Å². The number of methoxy groups -OCH3 is 1. The number of nitrogens with one attached hydrogen (secondary N) is 2. The molecule has 1 aliphatic heterocycles. The van der Waals surface area contributed by atoms with Crippen LogP contribution >= 0.6 is 0 Å². The summed E-state index contributed by atoms with van der Waals surface area (Å²) in [6.07, 6.45) is 0.538. The molecule has 0 radical (unpaired) electrons. The monoisotopic (exact) mass is 397 g/mol. The number of fused-ring (bicyclic) bond motifs is 1. The van der Waals surface area contributed by atoms with Crippen molar-refractivity contribution < 1.29 is 29.0 Å². The Morgan fingerprint density at radius 2 is 1.59 bits per heavy atom. The maximum Gasteiger partial charge on any atom is 0.335 e. The van der Waals surface area contributed by atoms with E-state index in [1.165, 1.54) is 42.5 Å². The molecule has 0 aromatic heterocycles. The summed E-state index contributed by atoms with van der Waals surface area (Å²) >= 11 is 0. The minimum Gasteiger partial charge on any atom is -0.478 e. The highest BCUT2D eigenvalue weighted by Gasteiger charge is 2.35. The van der Waals surface area contributed by atoms with Gasteiger partial charge in [0.1, 0.15) is 0 Å². The Balaban J connectivity index is 1.66. The molecular weight excluding hydrogens is 378 g/mol. The molecule has 0 atom stereocenters. The molecule has 0 saturated heterocycles. The zero-order chi connectivity index (χ0) is 21.0. The second kappa shape index (κ2) is 8.53. The fraction of sp³-hybridized carbons (Fsp3) is 0.200. The van der Waals surface area contributed by atoms with Crippen LogP contribution in [0, 0.1) is 0 Å². The molecule has 29 heavy (non-hydrogen) atoms. The van der Waals surface area contributed by atoms with E-state index in [1.54, 1.807) is 7.11 Å². The molecule has 0 bridgehead atoms. The van der Waals surface area contributed by atoms with E-state index < -0.39 is 17.9 Å². The Kier molecular flexibility index (Phi) is 5.89. The highest BCUT2D eigenvalue weighted by Crippen LogP contribution is 2.26. The van der Waals surface area contributed by atoms with Gasteiger partial charge in [0.05, 0.1) is 16.7 Å². The van der Waals surface area contributed by atoms with Crippen molar-refractivity contribution in [3.8, 4) is 0 Å². The van der Waals surface area contributed by atoms with Crippen LogP contribution in [-0.2, 0) is 4.74 Å². The lowest BCUT2D eigenvalue weighted by molar-refractivity contribution is 0.0636. The Hall–Kier alpha value is -3.72. The predicted molar refractivity (Wildman–Crippen MR) is 104 cm³/mol. The van der Waals surface area contributed by atoms with Crippen molar-refractivity contribution >= 4 is 35.2 Å². The van der Waals surface area contributed by atoms with Crippen molar-refractivity contribution in [2.45, 2.75) is 6.42 Å². The fourth-order valence-corrected chi connectivity index (χ4v) is 2.93. The average Bonchev–Trinajstić information content (AvgIpc) is 2.93. The third-order valence-electron chi connectivity index (χ3n) is 4.35. The molecule has 3 rings (SSSR count). The van der Waals surface area contributed by atoms with Gasteiger partial charge in [-0.05, 0) is 48.9 Å². The van der Waals surface area contributed by atoms with E-state index in [4.69, 9.17) is 9.84 Å². The number of amides is 4. The first-order chi connectivity index (χ1) is 13.9. The molecule has 0 unspecified atom stereocenters. The normalized spacial score (nSPS) is 12.7. The van der Waals surface area contributed by atoms with Crippen LogP contribution in [0.4, 0.5) is 16.2 Å². The van der Waals surface area contributed by atoms with Crippen LogP contribution < -0.4 is 10.6 Å². The molecule has 9 heteroatoms. The number of aromatic carboxylic acids is 1. The first-order valence-electron chi connectivity index (χ1n) is 8.81. The predicted octanol–water partition coefficient (Wildman–Crippen LogP) is 2.66. The number of benzene rings is 2. The smallest absolute Gasteiger partial charge is 0.335 e. The quantitative estimate of drug-likeness (QED) is 0.487. The lowest BCUT2D eigenvalue weighted by atomic mass is 10.1. The van der Waals surface area contributed by atoms with Crippen molar-refractivity contribution in [2.24, 2.45) is 0 Å². The molecule has 4 amide bonds. The lowest BCUT2D eigenvalue weighted by Crippen LogP contribution is -2.31. The number of carboxylic acids is 1. The summed E-state index contributed by atoms with van der Waals surface area (Å²) in [6, 6.07) is 9.60. The summed E-state index contributed by atoms with van der Waals surface area (Å²) in [6.45, 7) is 0.698. The number of hydrogen-bond donors (Lipinski definition) is 3. The van der Waals surface area contributed by atoms with Gasteiger partial charge in [-0.2, -0.15) is 0 Å². The van der Waals surface area contributed by atoms with Crippen LogP contribution in [0.25, 0.3) is 0 Å². The minimum absolute atomic E-state index is 0.104. The van der Waals surface area contributed by atoms with Gasteiger partial charge in [-0.25, -0.2) is 9.59 Å². The maximum absolute atomic E-state index is 12.5. The Morgan fingerprint density at radius 1 is 0.966 bits per heavy atom. The van der Waals surface area contributed by atoms with Gasteiger partial charge < -0.3 is 20.5 Å². The SMILES string of the molecule is COCCCN1C(=O)c2ccc(NC(=O)Nc3ccc(C(=O)O)cc3)cc2C1=O. The summed E-state index contributed by atoms with van der Waals surface area (Å²) in [5.41, 5.74) is 1.39. The zero-order valence-corrected chi connectivity index (χ0v) is 15.6. The maximum atomic E-state index is 12.5. The van der Waals surface area contributed by atoms with Crippen LogP contribution in [0.5, 0.6) is 0 Å². The number of urea groups is 1. The zero-order valence-electron chi connectivity index (χ0n) is 15.6. The van der Waals surface area contributed by atoms with Crippen LogP contribution in [-0.4, -0.2) is 54.1 Å². The summed E-state index contributed by atoms with van der Waals surface area (Å²) in [5.74, 6) is -1.83. The number of rotatable bonds is 7. The Bertz CT molecular complexity index is 971. The first kappa shape index (κ1) is 20.0. The van der Waals surface area contributed by atoms with E-state index in [0.717, 1.165) is 4.90 Å². The highest BCUT2D eigenvalue weighted by atomic mass is 16.5. The molecule has 1 heterocycles. The third-order valence-corrected chi connectivity index (χ3v) is 4.35. The van der Waals surface area contributed by atoms with Crippen molar-refractivity contribution in [1.29, 1.82) is 0 Å². The molecule has 1 aliphatic rings. The average molecular weight is 397 g/mol. The van der Waals surface area contributed by atoms with Gasteiger partial charge in [0, 0.05) is 31.6 Å². The highest BCUT2D eigenvalue weighted by molar-refractivity contribution is 6.22. The number of carbonyl (C=O) groups excluding carboxylic acids is 3. The standard InChI is InChI=1S/C20H19N3O6/c1-29-10-2-9-23-17(24)15-8-7-14(11-16(15)18(23)25)22-20(28)21-13-5-3-12(4-6-13)19(26)27/h3-8,11H,2,9-10H2,1H3,(H,26,27)(H2,21,22,28). The van der Waals surface area contributed by atoms with Gasteiger partial charge in [-0.15, -0.1) is 0 Å². The molecular formula is C20H19N3O6. The van der Waals surface area contributed by atoms with Crippen molar-refractivity contribution in [2.75, 3.05) is 30.9 Å². The Morgan fingerprint density at radius 3 is 2.24 bits per heavy atom. The van der Waals surface area contributed by atoms with Crippen LogP contribution in [0.3, 0.4) is 0 Å². The summed E-state index contributed by atoms with van der Waals surface area (Å²) in [5, 5.41) is 14.0. The van der Waals surface area contributed by atoms with E-state index in [-0.39, 0.29) is 23.6 Å². The van der Waals surface area contributed by atoms with E-state index in [9.17, 15) is 19.2 Å². The topological polar surface area (TPSA) is 125 Å². The van der Waals surface area contributed by atoms with Gasteiger partial charge in [-0.3, -0.25) is 14.5 Å². The number of ether oxygens (including phenoxy) is 1. The van der Waals surface area contributed by atoms with Gasteiger partial charge in [0.25, 0.3) is 11.8 Å². The third kappa shape index (κ3) is 4.41. The van der Waals surface area contributed by atoms with Crippen LogP contribution in [0.15, 0.2) is 42.5 Å². The lowest BCUT2D eigenvalue weighted by Gasteiger charge is -2.12. The first-order valence-corrected chi connectivity index (χ1v) is 8.81. The molecule has 2 aromatic rings. The molecule has 9 nitrogen and oxygen atoms in total. The number of carboxylic acid groups (broad SMARTS) is 1. The summed E-state index contributed by atoms with van der Waals surface area (Å²) in [7, 11) is 1.55. The van der Waals surface area contributed by atoms with E-state index >= 15 is 0 Å². The molecule has 150 valence electrons. The fourth-order valence-electron chi connectivity index (χ4n) is 2.93. The number of imide groups is 1. The number of hydrogen-bond acceptors (Lipinski definition) is 5. The van der Waals surface area contributed by atoms with E-state index in [0.29, 0.717) is 30.0 Å². The molecule has 0 saturated carbocycles. The van der Waals surface area contributed by atoms with Crippen LogP contribution in [0.2, 0.25) is 0 Å². The van der Waals surface area contributed by atoms with Gasteiger partial charge in [0.15, 0.2) is 0 Å². The molecule has 2 aromatic carbocycles. The van der Waals surface area contributed by atoms with Gasteiger partial charge in [-0.1, -0.05) is 0 Å². The summed E-state index contributed by atoms with van der Waals surface area (Å²) in [4.78, 5) is 49.1. The second-order valence-electron chi connectivity index (χ2n) is 6.33. The summed E-state index contributed by atoms with van der Waals surface area (Å²) < 4.78 is 4.95. The number of nitrogens with zero attached hydrogens (tertiary/aromatic N) is 1. The van der Waals surface area contributed by atoms with E-state index in [2.05, 4.69) is 10.6 Å². The Labute approximate surface area is 166 Å². The molecule has 0 fully saturated rings. The number of anilines is 2. The van der Waals surface area contributed by atoms with Gasteiger partial charge in [0.2, 0.25) is 0 Å². The largest absolute Gasteiger partial charge is 0.478 e. The van der Waals surface area contributed by atoms with Gasteiger partial charge >= 0.3 is 12.0 Å². The molecule has 0 aliphatic carbocycles. The molecule has 0 spiro atoms. The molecule has 3 N–H and O–H groups in total. The second-order valence-corrected chi connectivity index (χ2v) is 6.33. The number of carbonyl (C=O) groups is 4. The van der Waals surface area contributed by atoms with Crippen molar-refractivity contribution in [1.82, 2.24) is 4.90 Å². The van der Waals surface area contributed by atoms with Crippen LogP contribution in [0.1, 0.15) is 37.5 Å².